The van der Waals surface area contributed by atoms with Gasteiger partial charge < -0.3 is 20.7 Å². The SMILES string of the molecule is NC[C@]1(CO)OCC(F)(n2ccc(=O)[nH]c2=O)[C@@H]1O. The number of aromatic nitrogens is 2. The van der Waals surface area contributed by atoms with E-state index in [1.807, 2.05) is 4.98 Å². The topological polar surface area (TPSA) is 131 Å². The van der Waals surface area contributed by atoms with Crippen LogP contribution in [0.15, 0.2) is 21.9 Å². The number of aliphatic hydroxyl groups excluding tert-OH is 2. The Morgan fingerprint density at radius 2 is 2.32 bits per heavy atom. The summed E-state index contributed by atoms with van der Waals surface area (Å²) in [4.78, 5) is 24.4. The molecule has 106 valence electrons. The number of aliphatic hydroxyl groups is 2. The minimum atomic E-state index is -2.61. The molecule has 0 radical (unpaired) electrons. The van der Waals surface area contributed by atoms with Gasteiger partial charge >= 0.3 is 5.69 Å². The number of halogens is 1. The molecule has 0 aromatic carbocycles. The number of rotatable bonds is 3. The molecule has 3 atom stereocenters. The van der Waals surface area contributed by atoms with Gasteiger partial charge in [-0.2, -0.15) is 0 Å². The van der Waals surface area contributed by atoms with E-state index in [2.05, 4.69) is 0 Å². The molecule has 1 aromatic heterocycles. The van der Waals surface area contributed by atoms with E-state index >= 15 is 0 Å². The fraction of sp³-hybridized carbons (Fsp3) is 0.600. The first-order valence-electron chi connectivity index (χ1n) is 5.54. The van der Waals surface area contributed by atoms with Crippen molar-refractivity contribution in [1.82, 2.24) is 9.55 Å². The molecular formula is C10H14FN3O5. The van der Waals surface area contributed by atoms with Gasteiger partial charge in [0.25, 0.3) is 5.56 Å². The first-order chi connectivity index (χ1) is 8.89. The van der Waals surface area contributed by atoms with E-state index in [9.17, 15) is 24.2 Å². The van der Waals surface area contributed by atoms with Crippen LogP contribution in [0.4, 0.5) is 4.39 Å². The molecule has 5 N–H and O–H groups in total. The predicted molar refractivity (Wildman–Crippen MR) is 61.2 cm³/mol. The van der Waals surface area contributed by atoms with E-state index in [4.69, 9.17) is 10.5 Å². The zero-order valence-electron chi connectivity index (χ0n) is 9.88. The van der Waals surface area contributed by atoms with Crippen molar-refractivity contribution < 1.29 is 19.3 Å². The number of H-pyrrole nitrogens is 1. The number of nitrogens with zero attached hydrogens (tertiary/aromatic N) is 1. The highest BCUT2D eigenvalue weighted by Crippen LogP contribution is 2.38. The lowest BCUT2D eigenvalue weighted by molar-refractivity contribution is -0.101. The summed E-state index contributed by atoms with van der Waals surface area (Å²) < 4.78 is 20.4. The van der Waals surface area contributed by atoms with Crippen molar-refractivity contribution in [2.45, 2.75) is 17.5 Å². The summed E-state index contributed by atoms with van der Waals surface area (Å²) >= 11 is 0. The molecule has 1 aromatic rings. The third-order valence-electron chi connectivity index (χ3n) is 3.32. The van der Waals surface area contributed by atoms with Gasteiger partial charge in [0.05, 0.1) is 6.61 Å². The van der Waals surface area contributed by atoms with Crippen LogP contribution in [-0.4, -0.2) is 51.2 Å². The number of ether oxygens (including phenoxy) is 1. The lowest BCUT2D eigenvalue weighted by Gasteiger charge is -2.31. The van der Waals surface area contributed by atoms with Gasteiger partial charge in [0.2, 0.25) is 5.79 Å². The van der Waals surface area contributed by atoms with Crippen molar-refractivity contribution in [1.29, 1.82) is 0 Å². The second-order valence-corrected chi connectivity index (χ2v) is 4.42. The summed E-state index contributed by atoms with van der Waals surface area (Å²) in [6.45, 7) is -1.69. The zero-order valence-corrected chi connectivity index (χ0v) is 9.88. The fourth-order valence-corrected chi connectivity index (χ4v) is 2.08. The Bertz CT molecular complexity index is 581. The van der Waals surface area contributed by atoms with Crippen LogP contribution in [0.1, 0.15) is 0 Å². The van der Waals surface area contributed by atoms with Crippen molar-refractivity contribution >= 4 is 0 Å². The van der Waals surface area contributed by atoms with Gasteiger partial charge in [0, 0.05) is 18.8 Å². The van der Waals surface area contributed by atoms with E-state index in [0.717, 1.165) is 12.3 Å². The summed E-state index contributed by atoms with van der Waals surface area (Å²) in [7, 11) is 0. The third kappa shape index (κ3) is 1.91. The molecule has 1 saturated heterocycles. The largest absolute Gasteiger partial charge is 0.393 e. The minimum absolute atomic E-state index is 0.325. The molecule has 0 amide bonds. The normalized spacial score (nSPS) is 34.6. The summed E-state index contributed by atoms with van der Waals surface area (Å²) in [5.74, 6) is -2.61. The maximum absolute atomic E-state index is 14.8. The second-order valence-electron chi connectivity index (χ2n) is 4.42. The van der Waals surface area contributed by atoms with E-state index in [1.54, 1.807) is 0 Å². The average Bonchev–Trinajstić information content (AvgIpc) is 2.64. The second kappa shape index (κ2) is 4.53. The summed E-state index contributed by atoms with van der Waals surface area (Å²) in [6.07, 6.45) is -0.934. The Hall–Kier alpha value is -1.55. The van der Waals surface area contributed by atoms with E-state index in [-0.39, 0.29) is 6.54 Å². The lowest BCUT2D eigenvalue weighted by Crippen LogP contribution is -2.57. The molecule has 2 rings (SSSR count). The molecular weight excluding hydrogens is 261 g/mol. The Morgan fingerprint density at radius 3 is 2.79 bits per heavy atom. The molecule has 19 heavy (non-hydrogen) atoms. The van der Waals surface area contributed by atoms with Crippen molar-refractivity contribution in [2.75, 3.05) is 19.8 Å². The Labute approximate surface area is 106 Å². The van der Waals surface area contributed by atoms with Crippen LogP contribution in [0, 0.1) is 0 Å². The molecule has 0 aliphatic carbocycles. The summed E-state index contributed by atoms with van der Waals surface area (Å²) in [5.41, 5.74) is 1.98. The van der Waals surface area contributed by atoms with Gasteiger partial charge in [0.1, 0.15) is 18.3 Å². The van der Waals surface area contributed by atoms with Crippen LogP contribution in [0.3, 0.4) is 0 Å². The number of nitrogens with two attached hydrogens (primary N) is 1. The number of hydrogen-bond donors (Lipinski definition) is 4. The Balaban J connectivity index is 2.50. The third-order valence-corrected chi connectivity index (χ3v) is 3.32. The average molecular weight is 275 g/mol. The summed E-state index contributed by atoms with van der Waals surface area (Å²) in [5, 5.41) is 19.2. The van der Waals surface area contributed by atoms with E-state index in [0.29, 0.717) is 4.57 Å². The molecule has 1 aliphatic rings. The minimum Gasteiger partial charge on any atom is -0.393 e. The van der Waals surface area contributed by atoms with Crippen LogP contribution >= 0.6 is 0 Å². The van der Waals surface area contributed by atoms with Crippen molar-refractivity contribution in [3.05, 3.63) is 33.1 Å². The Morgan fingerprint density at radius 1 is 1.63 bits per heavy atom. The molecule has 0 saturated carbocycles. The molecule has 2 heterocycles. The van der Waals surface area contributed by atoms with Gasteiger partial charge in [0.15, 0.2) is 0 Å². The maximum Gasteiger partial charge on any atom is 0.331 e. The Kier molecular flexibility index (Phi) is 3.31. The molecule has 1 aliphatic heterocycles. The zero-order chi connectivity index (χ0) is 14.3. The fourth-order valence-electron chi connectivity index (χ4n) is 2.08. The van der Waals surface area contributed by atoms with Gasteiger partial charge in [-0.1, -0.05) is 0 Å². The highest BCUT2D eigenvalue weighted by molar-refractivity contribution is 5.06. The van der Waals surface area contributed by atoms with E-state index in [1.165, 1.54) is 0 Å². The van der Waals surface area contributed by atoms with Crippen molar-refractivity contribution in [3.63, 3.8) is 0 Å². The smallest absolute Gasteiger partial charge is 0.331 e. The molecule has 0 bridgehead atoms. The predicted octanol–water partition coefficient (Wildman–Crippen LogP) is -2.76. The molecule has 9 heteroatoms. The number of nitrogens with one attached hydrogen (secondary N) is 1. The quantitative estimate of drug-likeness (QED) is 0.472. The van der Waals surface area contributed by atoms with Crippen LogP contribution in [0.25, 0.3) is 0 Å². The monoisotopic (exact) mass is 275 g/mol. The summed E-state index contributed by atoms with van der Waals surface area (Å²) in [6, 6.07) is 0.941. The van der Waals surface area contributed by atoms with Crippen LogP contribution in [-0.2, 0) is 10.5 Å². The maximum atomic E-state index is 14.8. The standard InChI is InChI=1S/C10H14FN3O5/c11-10(14-2-1-6(16)13-8(14)18)5-19-9(3-12,4-15)7(10)17/h1-2,7,15,17H,3-5,12H2,(H,13,16,18)/t7-,9-,10?/m1/s1. The van der Waals surface area contributed by atoms with E-state index < -0.39 is 42.0 Å². The number of alkyl halides is 1. The lowest BCUT2D eigenvalue weighted by atomic mass is 9.93. The highest BCUT2D eigenvalue weighted by atomic mass is 19.1. The van der Waals surface area contributed by atoms with Crippen LogP contribution in [0.2, 0.25) is 0 Å². The van der Waals surface area contributed by atoms with Crippen molar-refractivity contribution in [3.8, 4) is 0 Å². The van der Waals surface area contributed by atoms with Crippen LogP contribution < -0.4 is 17.0 Å². The van der Waals surface area contributed by atoms with Crippen LogP contribution in [0.5, 0.6) is 0 Å². The molecule has 1 fully saturated rings. The molecule has 0 spiro atoms. The van der Waals surface area contributed by atoms with Gasteiger partial charge in [-0.15, -0.1) is 0 Å². The van der Waals surface area contributed by atoms with Gasteiger partial charge in [-0.05, 0) is 0 Å². The molecule has 8 nitrogen and oxygen atoms in total. The van der Waals surface area contributed by atoms with Gasteiger partial charge in [-0.3, -0.25) is 14.3 Å². The molecule has 1 unspecified atom stereocenters. The van der Waals surface area contributed by atoms with Crippen molar-refractivity contribution in [2.24, 2.45) is 5.73 Å². The number of aromatic amines is 1. The first kappa shape index (κ1) is 13.9. The highest BCUT2D eigenvalue weighted by Gasteiger charge is 2.60. The van der Waals surface area contributed by atoms with Gasteiger partial charge in [-0.25, -0.2) is 9.18 Å². The number of hydrogen-bond acceptors (Lipinski definition) is 6. The first-order valence-corrected chi connectivity index (χ1v) is 5.54.